The monoisotopic (exact) mass is 634 g/mol. The fourth-order valence-corrected chi connectivity index (χ4v) is 6.46. The van der Waals surface area contributed by atoms with E-state index in [9.17, 15) is 0 Å². The first-order chi connectivity index (χ1) is 22.8. The normalized spacial score (nSPS) is 11.7. The Labute approximate surface area is 281 Å². The highest BCUT2D eigenvalue weighted by Crippen LogP contribution is 2.27. The van der Waals surface area contributed by atoms with Crippen molar-refractivity contribution in [3.05, 3.63) is 59.7 Å². The third-order valence-electron chi connectivity index (χ3n) is 9.29. The second-order valence-corrected chi connectivity index (χ2v) is 13.3. The van der Waals surface area contributed by atoms with Crippen molar-refractivity contribution < 1.29 is 18.9 Å². The molecule has 0 unspecified atom stereocenters. The van der Waals surface area contributed by atoms with Crippen molar-refractivity contribution in [2.75, 3.05) is 40.6 Å². The quantitative estimate of drug-likeness (QED) is 0.0540. The molecular weight excluding hydrogens is 568 g/mol. The summed E-state index contributed by atoms with van der Waals surface area (Å²) < 4.78 is 22.4. The van der Waals surface area contributed by atoms with Gasteiger partial charge in [-0.25, -0.2) is 0 Å². The lowest BCUT2D eigenvalue weighted by Crippen LogP contribution is -1.97. The van der Waals surface area contributed by atoms with Gasteiger partial charge in [-0.1, -0.05) is 133 Å². The zero-order valence-electron chi connectivity index (χ0n) is 29.6. The molecule has 0 aliphatic carbocycles. The lowest BCUT2D eigenvalue weighted by molar-refractivity contribution is 0.117. The Morgan fingerprint density at radius 2 is 0.870 bits per heavy atom. The summed E-state index contributed by atoms with van der Waals surface area (Å²) in [5.74, 6) is 0. The average molecular weight is 635 g/mol. The standard InChI is InChI=1S/C42H66O4/c1-43-28-19-15-11-7-3-5-9-13-17-21-30-45-35-37-26-27-38-34-42-39(33-41(38)32-37)24-23-25-40(42)36-46-31-22-18-14-10-6-4-8-12-16-20-29-44-2/h23-27,32-34H,3-22,28-31,35-36H2,1-2H3. The molecule has 46 heavy (non-hydrogen) atoms. The van der Waals surface area contributed by atoms with Crippen LogP contribution in [0, 0.1) is 0 Å². The number of hydrogen-bond acceptors (Lipinski definition) is 4. The van der Waals surface area contributed by atoms with E-state index in [4.69, 9.17) is 18.9 Å². The summed E-state index contributed by atoms with van der Waals surface area (Å²) in [5.41, 5.74) is 2.55. The Morgan fingerprint density at radius 3 is 1.39 bits per heavy atom. The van der Waals surface area contributed by atoms with Crippen molar-refractivity contribution in [2.24, 2.45) is 0 Å². The van der Waals surface area contributed by atoms with Crippen molar-refractivity contribution in [3.8, 4) is 0 Å². The predicted octanol–water partition coefficient (Wildman–Crippen LogP) is 12.1. The topological polar surface area (TPSA) is 36.9 Å². The van der Waals surface area contributed by atoms with Gasteiger partial charge in [-0.2, -0.15) is 0 Å². The fourth-order valence-electron chi connectivity index (χ4n) is 6.46. The number of methoxy groups -OCH3 is 2. The highest BCUT2D eigenvalue weighted by atomic mass is 16.5. The number of benzene rings is 3. The summed E-state index contributed by atoms with van der Waals surface area (Å²) in [6.07, 6.45) is 26.3. The maximum atomic E-state index is 6.14. The number of unbranched alkanes of at least 4 members (excludes halogenated alkanes) is 18. The largest absolute Gasteiger partial charge is 0.385 e. The van der Waals surface area contributed by atoms with Gasteiger partial charge in [0.15, 0.2) is 0 Å². The molecule has 3 aromatic rings. The van der Waals surface area contributed by atoms with E-state index in [0.29, 0.717) is 13.2 Å². The highest BCUT2D eigenvalue weighted by molar-refractivity contribution is 5.99. The van der Waals surface area contributed by atoms with E-state index in [0.717, 1.165) is 39.3 Å². The summed E-state index contributed by atoms with van der Waals surface area (Å²) in [6, 6.07) is 18.1. The van der Waals surface area contributed by atoms with Gasteiger partial charge >= 0.3 is 0 Å². The zero-order chi connectivity index (χ0) is 32.3. The molecular formula is C42H66O4. The Balaban J connectivity index is 1.26. The predicted molar refractivity (Wildman–Crippen MR) is 197 cm³/mol. The first kappa shape index (κ1) is 38.5. The summed E-state index contributed by atoms with van der Waals surface area (Å²) in [4.78, 5) is 0. The van der Waals surface area contributed by atoms with Gasteiger partial charge in [0.1, 0.15) is 0 Å². The SMILES string of the molecule is COCCCCCCCCCCCCOCc1ccc2cc3c(COCCCCCCCCCCCCOC)cccc3cc2c1. The van der Waals surface area contributed by atoms with Crippen LogP contribution >= 0.6 is 0 Å². The second-order valence-electron chi connectivity index (χ2n) is 13.3. The van der Waals surface area contributed by atoms with Gasteiger partial charge in [-0.05, 0) is 76.6 Å². The highest BCUT2D eigenvalue weighted by Gasteiger charge is 2.06. The summed E-state index contributed by atoms with van der Waals surface area (Å²) >= 11 is 0. The average Bonchev–Trinajstić information content (AvgIpc) is 3.07. The minimum Gasteiger partial charge on any atom is -0.385 e. The van der Waals surface area contributed by atoms with Crippen molar-refractivity contribution in [1.82, 2.24) is 0 Å². The van der Waals surface area contributed by atoms with Gasteiger partial charge in [-0.15, -0.1) is 0 Å². The molecule has 4 nitrogen and oxygen atoms in total. The van der Waals surface area contributed by atoms with Crippen LogP contribution < -0.4 is 0 Å². The summed E-state index contributed by atoms with van der Waals surface area (Å²) in [5, 5.41) is 5.17. The molecule has 0 aliphatic heterocycles. The third kappa shape index (κ3) is 16.7. The molecule has 0 bridgehead atoms. The van der Waals surface area contributed by atoms with Crippen molar-refractivity contribution >= 4 is 21.5 Å². The minimum atomic E-state index is 0.688. The van der Waals surface area contributed by atoms with E-state index >= 15 is 0 Å². The van der Waals surface area contributed by atoms with Crippen LogP contribution in [0.15, 0.2) is 48.5 Å². The van der Waals surface area contributed by atoms with E-state index in [1.54, 1.807) is 14.2 Å². The first-order valence-electron chi connectivity index (χ1n) is 18.9. The molecule has 258 valence electrons. The maximum Gasteiger partial charge on any atom is 0.0722 e. The van der Waals surface area contributed by atoms with Crippen molar-refractivity contribution in [2.45, 2.75) is 142 Å². The minimum absolute atomic E-state index is 0.688. The van der Waals surface area contributed by atoms with Gasteiger partial charge in [0.2, 0.25) is 0 Å². The molecule has 0 radical (unpaired) electrons. The van der Waals surface area contributed by atoms with E-state index in [-0.39, 0.29) is 0 Å². The Hall–Kier alpha value is -1.98. The fraction of sp³-hybridized carbons (Fsp3) is 0.667. The maximum absolute atomic E-state index is 6.14. The van der Waals surface area contributed by atoms with Crippen LogP contribution in [0.2, 0.25) is 0 Å². The zero-order valence-corrected chi connectivity index (χ0v) is 29.6. The second kappa shape index (κ2) is 26.0. The van der Waals surface area contributed by atoms with Crippen LogP contribution in [0.25, 0.3) is 21.5 Å². The number of ether oxygens (including phenoxy) is 4. The van der Waals surface area contributed by atoms with Gasteiger partial charge in [0, 0.05) is 40.6 Å². The third-order valence-corrected chi connectivity index (χ3v) is 9.29. The molecule has 0 N–H and O–H groups in total. The van der Waals surface area contributed by atoms with Gasteiger partial charge in [0.25, 0.3) is 0 Å². The lowest BCUT2D eigenvalue weighted by Gasteiger charge is -2.11. The summed E-state index contributed by atoms with van der Waals surface area (Å²) in [6.45, 7) is 4.91. The summed E-state index contributed by atoms with van der Waals surface area (Å²) in [7, 11) is 3.58. The van der Waals surface area contributed by atoms with Crippen molar-refractivity contribution in [1.29, 1.82) is 0 Å². The van der Waals surface area contributed by atoms with Gasteiger partial charge in [-0.3, -0.25) is 0 Å². The van der Waals surface area contributed by atoms with Crippen LogP contribution in [0.3, 0.4) is 0 Å². The molecule has 0 fully saturated rings. The van der Waals surface area contributed by atoms with Gasteiger partial charge < -0.3 is 18.9 Å². The Bertz CT molecular complexity index is 1160. The molecule has 0 heterocycles. The van der Waals surface area contributed by atoms with E-state index in [2.05, 4.69) is 48.5 Å². The Kier molecular flexibility index (Phi) is 21.8. The number of rotatable bonds is 30. The molecule has 0 aliphatic rings. The molecule has 4 heteroatoms. The number of fused-ring (bicyclic) bond motifs is 2. The molecule has 3 aromatic carbocycles. The Morgan fingerprint density at radius 1 is 0.391 bits per heavy atom. The van der Waals surface area contributed by atoms with Crippen LogP contribution in [0.5, 0.6) is 0 Å². The van der Waals surface area contributed by atoms with Crippen LogP contribution in [0.1, 0.15) is 140 Å². The molecule has 0 saturated carbocycles. The van der Waals surface area contributed by atoms with E-state index in [1.165, 1.54) is 148 Å². The lowest BCUT2D eigenvalue weighted by atomic mass is 9.99. The van der Waals surface area contributed by atoms with Crippen molar-refractivity contribution in [3.63, 3.8) is 0 Å². The van der Waals surface area contributed by atoms with Crippen LogP contribution in [0.4, 0.5) is 0 Å². The smallest absolute Gasteiger partial charge is 0.0722 e. The van der Waals surface area contributed by atoms with Gasteiger partial charge in [0.05, 0.1) is 13.2 Å². The molecule has 0 amide bonds. The number of hydrogen-bond donors (Lipinski definition) is 0. The molecule has 0 saturated heterocycles. The van der Waals surface area contributed by atoms with E-state index in [1.807, 2.05) is 0 Å². The molecule has 0 atom stereocenters. The molecule has 0 aromatic heterocycles. The molecule has 0 spiro atoms. The van der Waals surface area contributed by atoms with E-state index < -0.39 is 0 Å². The molecule has 3 rings (SSSR count). The van der Waals surface area contributed by atoms with Crippen LogP contribution in [-0.2, 0) is 32.2 Å². The van der Waals surface area contributed by atoms with Crippen LogP contribution in [-0.4, -0.2) is 40.6 Å². The first-order valence-corrected chi connectivity index (χ1v) is 18.9.